The predicted molar refractivity (Wildman–Crippen MR) is 79.4 cm³/mol. The summed E-state index contributed by atoms with van der Waals surface area (Å²) in [5.74, 6) is 0.739. The van der Waals surface area contributed by atoms with Gasteiger partial charge in [-0.2, -0.15) is 0 Å². The van der Waals surface area contributed by atoms with Crippen LogP contribution in [0.4, 0.5) is 11.4 Å². The molecule has 0 bridgehead atoms. The minimum absolute atomic E-state index is 0.366. The summed E-state index contributed by atoms with van der Waals surface area (Å²) in [7, 11) is 0. The number of aliphatic hydroxyl groups is 1. The van der Waals surface area contributed by atoms with Crippen LogP contribution < -0.4 is 14.8 Å². The van der Waals surface area contributed by atoms with E-state index in [-0.39, 0.29) is 5.95 Å². The molecule has 102 valence electrons. The normalized spacial score (nSPS) is 9.60. The third-order valence-corrected chi connectivity index (χ3v) is 2.48. The highest BCUT2D eigenvalue weighted by molar-refractivity contribution is 5.70. The minimum Gasteiger partial charge on any atom is -0.481 e. The van der Waals surface area contributed by atoms with Gasteiger partial charge in [-0.3, -0.25) is 0 Å². The summed E-state index contributed by atoms with van der Waals surface area (Å²) < 4.78 is 10.5. The predicted octanol–water partition coefficient (Wildman–Crippen LogP) is 4.36. The van der Waals surface area contributed by atoms with Crippen LogP contribution in [-0.4, -0.2) is 5.11 Å². The van der Waals surface area contributed by atoms with Crippen LogP contribution in [0.1, 0.15) is 0 Å². The molecule has 0 heterocycles. The smallest absolute Gasteiger partial charge is 0.274 e. The first-order valence-corrected chi connectivity index (χ1v) is 5.99. The van der Waals surface area contributed by atoms with Crippen molar-refractivity contribution >= 4 is 11.4 Å². The summed E-state index contributed by atoms with van der Waals surface area (Å²) in [6, 6.07) is 14.6. The molecular weight excluding hydrogens is 254 g/mol. The molecule has 2 N–H and O–H groups in total. The molecule has 0 unspecified atom stereocenters. The van der Waals surface area contributed by atoms with E-state index in [4.69, 9.17) is 14.6 Å². The fraction of sp³-hybridized carbons (Fsp3) is 0. The van der Waals surface area contributed by atoms with E-state index in [1.165, 1.54) is 6.26 Å². The highest BCUT2D eigenvalue weighted by atomic mass is 16.6. The van der Waals surface area contributed by atoms with Gasteiger partial charge in [0.25, 0.3) is 5.95 Å². The summed E-state index contributed by atoms with van der Waals surface area (Å²) in [6.45, 7) is 6.85. The summed E-state index contributed by atoms with van der Waals surface area (Å²) >= 11 is 0. The SMILES string of the molecule is C=COc1ccccc1Nc1ccccc1OC(=C)O. The van der Waals surface area contributed by atoms with Crippen LogP contribution in [-0.2, 0) is 0 Å². The van der Waals surface area contributed by atoms with Crippen molar-refractivity contribution in [3.05, 3.63) is 73.9 Å². The molecule has 0 radical (unpaired) electrons. The number of anilines is 2. The Morgan fingerprint density at radius 1 is 1.00 bits per heavy atom. The van der Waals surface area contributed by atoms with E-state index in [2.05, 4.69) is 18.5 Å². The van der Waals surface area contributed by atoms with E-state index < -0.39 is 0 Å². The number of rotatable bonds is 6. The maximum Gasteiger partial charge on any atom is 0.274 e. The number of aliphatic hydroxyl groups excluding tert-OH is 1. The van der Waals surface area contributed by atoms with Crippen molar-refractivity contribution in [1.82, 2.24) is 0 Å². The second-order valence-corrected chi connectivity index (χ2v) is 3.90. The number of para-hydroxylation sites is 4. The number of benzene rings is 2. The Labute approximate surface area is 117 Å². The summed E-state index contributed by atoms with van der Waals surface area (Å²) in [4.78, 5) is 0. The maximum absolute atomic E-state index is 9.15. The summed E-state index contributed by atoms with van der Waals surface area (Å²) in [5, 5.41) is 12.3. The molecule has 0 aliphatic rings. The minimum atomic E-state index is -0.366. The summed E-state index contributed by atoms with van der Waals surface area (Å²) in [5.41, 5.74) is 1.44. The molecule has 2 rings (SSSR count). The molecule has 0 aliphatic carbocycles. The van der Waals surface area contributed by atoms with E-state index in [1.54, 1.807) is 12.1 Å². The molecule has 0 fully saturated rings. The van der Waals surface area contributed by atoms with Crippen molar-refractivity contribution < 1.29 is 14.6 Å². The van der Waals surface area contributed by atoms with Crippen molar-refractivity contribution in [2.45, 2.75) is 0 Å². The first kappa shape index (κ1) is 13.5. The van der Waals surface area contributed by atoms with Gasteiger partial charge in [0.1, 0.15) is 5.75 Å². The van der Waals surface area contributed by atoms with Crippen LogP contribution >= 0.6 is 0 Å². The Morgan fingerprint density at radius 3 is 2.15 bits per heavy atom. The van der Waals surface area contributed by atoms with E-state index >= 15 is 0 Å². The number of ether oxygens (including phenoxy) is 2. The Morgan fingerprint density at radius 2 is 1.55 bits per heavy atom. The van der Waals surface area contributed by atoms with Crippen molar-refractivity contribution in [3.8, 4) is 11.5 Å². The second kappa shape index (κ2) is 6.33. The zero-order valence-corrected chi connectivity index (χ0v) is 10.9. The van der Waals surface area contributed by atoms with Crippen molar-refractivity contribution in [1.29, 1.82) is 0 Å². The van der Waals surface area contributed by atoms with Gasteiger partial charge in [-0.1, -0.05) is 30.8 Å². The quantitative estimate of drug-likeness (QED) is 0.765. The Balaban J connectivity index is 2.30. The molecule has 0 spiro atoms. The molecule has 4 nitrogen and oxygen atoms in total. The van der Waals surface area contributed by atoms with Gasteiger partial charge in [-0.05, 0) is 30.8 Å². The van der Waals surface area contributed by atoms with Crippen LogP contribution in [0.2, 0.25) is 0 Å². The lowest BCUT2D eigenvalue weighted by atomic mass is 10.2. The molecule has 0 amide bonds. The molecule has 2 aromatic rings. The lowest BCUT2D eigenvalue weighted by Crippen LogP contribution is -1.98. The molecule has 20 heavy (non-hydrogen) atoms. The summed E-state index contributed by atoms with van der Waals surface area (Å²) in [6.07, 6.45) is 1.36. The van der Waals surface area contributed by atoms with E-state index in [1.807, 2.05) is 36.4 Å². The Kier molecular flexibility index (Phi) is 4.29. The highest BCUT2D eigenvalue weighted by Crippen LogP contribution is 2.32. The van der Waals surface area contributed by atoms with Crippen LogP contribution in [0.15, 0.2) is 73.9 Å². The van der Waals surface area contributed by atoms with E-state index in [0.717, 1.165) is 5.69 Å². The maximum atomic E-state index is 9.15. The monoisotopic (exact) mass is 269 g/mol. The average molecular weight is 269 g/mol. The zero-order valence-electron chi connectivity index (χ0n) is 10.9. The highest BCUT2D eigenvalue weighted by Gasteiger charge is 2.07. The first-order valence-electron chi connectivity index (χ1n) is 5.99. The third-order valence-electron chi connectivity index (χ3n) is 2.48. The molecule has 0 aliphatic heterocycles. The number of hydrogen-bond acceptors (Lipinski definition) is 4. The lowest BCUT2D eigenvalue weighted by Gasteiger charge is -2.14. The number of nitrogens with one attached hydrogen (secondary N) is 1. The van der Waals surface area contributed by atoms with Gasteiger partial charge in [0, 0.05) is 0 Å². The number of hydrogen-bond donors (Lipinski definition) is 2. The van der Waals surface area contributed by atoms with Crippen LogP contribution in [0.25, 0.3) is 0 Å². The fourth-order valence-corrected chi connectivity index (χ4v) is 1.69. The van der Waals surface area contributed by atoms with Crippen molar-refractivity contribution in [2.75, 3.05) is 5.32 Å². The Hall–Kier alpha value is -2.88. The van der Waals surface area contributed by atoms with Crippen molar-refractivity contribution in [2.24, 2.45) is 0 Å². The average Bonchev–Trinajstić information content (AvgIpc) is 2.43. The molecule has 0 saturated heterocycles. The second-order valence-electron chi connectivity index (χ2n) is 3.90. The van der Waals surface area contributed by atoms with Gasteiger partial charge < -0.3 is 19.9 Å². The molecular formula is C16H15NO3. The van der Waals surface area contributed by atoms with E-state index in [0.29, 0.717) is 17.2 Å². The third kappa shape index (κ3) is 3.32. The van der Waals surface area contributed by atoms with Crippen LogP contribution in [0.3, 0.4) is 0 Å². The lowest BCUT2D eigenvalue weighted by molar-refractivity contribution is 0.212. The zero-order chi connectivity index (χ0) is 14.4. The molecule has 2 aromatic carbocycles. The van der Waals surface area contributed by atoms with Gasteiger partial charge in [-0.15, -0.1) is 0 Å². The molecule has 0 saturated carbocycles. The molecule has 0 atom stereocenters. The Bertz CT molecular complexity index is 623. The van der Waals surface area contributed by atoms with Gasteiger partial charge in [0.15, 0.2) is 5.75 Å². The molecule has 0 aromatic heterocycles. The van der Waals surface area contributed by atoms with Gasteiger partial charge in [0.2, 0.25) is 0 Å². The van der Waals surface area contributed by atoms with Crippen LogP contribution in [0, 0.1) is 0 Å². The fourth-order valence-electron chi connectivity index (χ4n) is 1.69. The first-order chi connectivity index (χ1) is 9.70. The topological polar surface area (TPSA) is 50.7 Å². The standard InChI is InChI=1S/C16H15NO3/c1-3-19-15-10-6-4-8-13(15)17-14-9-5-7-11-16(14)20-12(2)18/h3-11,17-18H,1-2H2. The van der Waals surface area contributed by atoms with Crippen molar-refractivity contribution in [3.63, 3.8) is 0 Å². The van der Waals surface area contributed by atoms with Gasteiger partial charge >= 0.3 is 0 Å². The van der Waals surface area contributed by atoms with Crippen LogP contribution in [0.5, 0.6) is 11.5 Å². The largest absolute Gasteiger partial charge is 0.481 e. The van der Waals surface area contributed by atoms with Gasteiger partial charge in [-0.25, -0.2) is 0 Å². The molecule has 4 heteroatoms. The van der Waals surface area contributed by atoms with Gasteiger partial charge in [0.05, 0.1) is 17.6 Å². The van der Waals surface area contributed by atoms with E-state index in [9.17, 15) is 0 Å².